The van der Waals surface area contributed by atoms with Crippen LogP contribution in [-0.4, -0.2) is 65.3 Å². The van der Waals surface area contributed by atoms with E-state index < -0.39 is 24.1 Å². The van der Waals surface area contributed by atoms with Crippen LogP contribution in [0.3, 0.4) is 0 Å². The first-order valence-electron chi connectivity index (χ1n) is 11.7. The highest BCUT2D eigenvalue weighted by molar-refractivity contribution is 6.30. The first kappa shape index (κ1) is 26.9. The highest BCUT2D eigenvalue weighted by Gasteiger charge is 2.27. The number of nitrogens with one attached hydrogen (secondary N) is 2. The van der Waals surface area contributed by atoms with Crippen molar-refractivity contribution in [2.45, 2.75) is 69.9 Å². The van der Waals surface area contributed by atoms with Gasteiger partial charge in [-0.1, -0.05) is 55.8 Å². The highest BCUT2D eigenvalue weighted by Crippen LogP contribution is 2.27. The van der Waals surface area contributed by atoms with E-state index in [0.717, 1.165) is 31.2 Å². The molecule has 0 bridgehead atoms. The smallest absolute Gasteiger partial charge is 0.405 e. The number of nitrogens with zero attached hydrogens (tertiary/aromatic N) is 1. The summed E-state index contributed by atoms with van der Waals surface area (Å²) in [6, 6.07) is 6.00. The maximum atomic E-state index is 12.7. The standard InChI is InChI=1S/C24H36ClN3O5/c1-28(14-13-17-7-9-19(25)10-8-17)22(30)12-11-20(16-29)26-23(31)21(27-24(32)33)15-18-5-3-2-4-6-18/h7-10,18,20-21,27,29H,2-6,11-16H2,1H3,(H,26,31)(H,32,33). The average molecular weight is 482 g/mol. The molecule has 1 aromatic carbocycles. The Balaban J connectivity index is 1.80. The summed E-state index contributed by atoms with van der Waals surface area (Å²) in [5.74, 6) is -0.227. The van der Waals surface area contributed by atoms with Crippen LogP contribution in [0.15, 0.2) is 24.3 Å². The fourth-order valence-corrected chi connectivity index (χ4v) is 4.33. The van der Waals surface area contributed by atoms with Crippen molar-refractivity contribution in [2.24, 2.45) is 5.92 Å². The number of halogens is 1. The van der Waals surface area contributed by atoms with Gasteiger partial charge >= 0.3 is 6.09 Å². The average Bonchev–Trinajstić information content (AvgIpc) is 2.80. The van der Waals surface area contributed by atoms with Gasteiger partial charge in [-0.15, -0.1) is 0 Å². The summed E-state index contributed by atoms with van der Waals surface area (Å²) >= 11 is 5.89. The third-order valence-corrected chi connectivity index (χ3v) is 6.51. The molecule has 1 aliphatic carbocycles. The molecular formula is C24H36ClN3O5. The van der Waals surface area contributed by atoms with Gasteiger partial charge in [0.2, 0.25) is 11.8 Å². The molecule has 0 heterocycles. The Morgan fingerprint density at radius 1 is 1.12 bits per heavy atom. The normalized spacial score (nSPS) is 16.0. The molecule has 1 saturated carbocycles. The largest absolute Gasteiger partial charge is 0.465 e. The van der Waals surface area contributed by atoms with Crippen molar-refractivity contribution >= 4 is 29.5 Å². The summed E-state index contributed by atoms with van der Waals surface area (Å²) in [5.41, 5.74) is 1.08. The number of carbonyl (C=O) groups is 3. The second kappa shape index (κ2) is 14.1. The summed E-state index contributed by atoms with van der Waals surface area (Å²) in [7, 11) is 1.72. The minimum Gasteiger partial charge on any atom is -0.465 e. The van der Waals surface area contributed by atoms with Crippen LogP contribution in [0.1, 0.15) is 56.9 Å². The minimum atomic E-state index is -1.25. The van der Waals surface area contributed by atoms with Crippen molar-refractivity contribution in [1.82, 2.24) is 15.5 Å². The van der Waals surface area contributed by atoms with Crippen LogP contribution in [-0.2, 0) is 16.0 Å². The monoisotopic (exact) mass is 481 g/mol. The number of hydrogen-bond donors (Lipinski definition) is 4. The first-order valence-corrected chi connectivity index (χ1v) is 12.1. The van der Waals surface area contributed by atoms with E-state index in [9.17, 15) is 19.5 Å². The zero-order valence-corrected chi connectivity index (χ0v) is 20.0. The van der Waals surface area contributed by atoms with Gasteiger partial charge in [0, 0.05) is 25.0 Å². The third-order valence-electron chi connectivity index (χ3n) is 6.26. The quantitative estimate of drug-likeness (QED) is 0.365. The molecule has 33 heavy (non-hydrogen) atoms. The molecule has 2 atom stereocenters. The van der Waals surface area contributed by atoms with Crippen LogP contribution in [0.2, 0.25) is 5.02 Å². The Morgan fingerprint density at radius 2 is 1.79 bits per heavy atom. The van der Waals surface area contributed by atoms with Gasteiger partial charge in [-0.2, -0.15) is 0 Å². The van der Waals surface area contributed by atoms with Gasteiger partial charge in [-0.25, -0.2) is 4.79 Å². The number of rotatable bonds is 12. The van der Waals surface area contributed by atoms with E-state index >= 15 is 0 Å². The van der Waals surface area contributed by atoms with Crippen LogP contribution in [0.4, 0.5) is 4.79 Å². The predicted octanol–water partition coefficient (Wildman–Crippen LogP) is 3.20. The number of carbonyl (C=O) groups excluding carboxylic acids is 2. The molecule has 1 aliphatic rings. The van der Waals surface area contributed by atoms with Crippen molar-refractivity contribution in [3.05, 3.63) is 34.9 Å². The molecule has 2 unspecified atom stereocenters. The molecular weight excluding hydrogens is 446 g/mol. The molecule has 4 N–H and O–H groups in total. The lowest BCUT2D eigenvalue weighted by Gasteiger charge is -2.27. The topological polar surface area (TPSA) is 119 Å². The van der Waals surface area contributed by atoms with Crippen LogP contribution in [0.25, 0.3) is 0 Å². The van der Waals surface area contributed by atoms with Crippen LogP contribution >= 0.6 is 11.6 Å². The Morgan fingerprint density at radius 3 is 2.39 bits per heavy atom. The third kappa shape index (κ3) is 10.0. The molecule has 2 rings (SSSR count). The van der Waals surface area contributed by atoms with E-state index in [2.05, 4.69) is 10.6 Å². The number of aliphatic hydroxyl groups excluding tert-OH is 1. The summed E-state index contributed by atoms with van der Waals surface area (Å²) in [5, 5.41) is 24.5. The van der Waals surface area contributed by atoms with Gasteiger partial charge in [0.15, 0.2) is 0 Å². The molecule has 1 fully saturated rings. The van der Waals surface area contributed by atoms with Crippen molar-refractivity contribution in [3.63, 3.8) is 0 Å². The lowest BCUT2D eigenvalue weighted by Crippen LogP contribution is -2.51. The maximum absolute atomic E-state index is 12.7. The summed E-state index contributed by atoms with van der Waals surface area (Å²) < 4.78 is 0. The van der Waals surface area contributed by atoms with Gasteiger partial charge in [-0.05, 0) is 42.9 Å². The first-order chi connectivity index (χ1) is 15.8. The SMILES string of the molecule is CN(CCc1ccc(Cl)cc1)C(=O)CCC(CO)NC(=O)C(CC1CCCCC1)NC(=O)O. The fraction of sp³-hybridized carbons (Fsp3) is 0.625. The van der Waals surface area contributed by atoms with Gasteiger partial charge in [0.25, 0.3) is 0 Å². The summed E-state index contributed by atoms with van der Waals surface area (Å²) in [6.07, 6.45) is 5.69. The lowest BCUT2D eigenvalue weighted by atomic mass is 9.84. The van der Waals surface area contributed by atoms with E-state index in [0.29, 0.717) is 30.3 Å². The maximum Gasteiger partial charge on any atom is 0.405 e. The second-order valence-electron chi connectivity index (χ2n) is 8.86. The number of aliphatic hydroxyl groups is 1. The van der Waals surface area contributed by atoms with Crippen LogP contribution < -0.4 is 10.6 Å². The van der Waals surface area contributed by atoms with Gasteiger partial charge < -0.3 is 25.7 Å². The van der Waals surface area contributed by atoms with E-state index in [1.807, 2.05) is 24.3 Å². The Bertz CT molecular complexity index is 768. The predicted molar refractivity (Wildman–Crippen MR) is 127 cm³/mol. The van der Waals surface area contributed by atoms with Crippen molar-refractivity contribution in [1.29, 1.82) is 0 Å². The molecule has 0 spiro atoms. The fourth-order valence-electron chi connectivity index (χ4n) is 4.21. The van der Waals surface area contributed by atoms with Gasteiger partial charge in [0.05, 0.1) is 12.6 Å². The van der Waals surface area contributed by atoms with Crippen LogP contribution in [0.5, 0.6) is 0 Å². The molecule has 8 nitrogen and oxygen atoms in total. The van der Waals surface area contributed by atoms with Crippen molar-refractivity contribution < 1.29 is 24.6 Å². The second-order valence-corrected chi connectivity index (χ2v) is 9.30. The number of hydrogen-bond acceptors (Lipinski definition) is 4. The molecule has 0 aromatic heterocycles. The highest BCUT2D eigenvalue weighted by atomic mass is 35.5. The molecule has 0 saturated heterocycles. The van der Waals surface area contributed by atoms with Crippen LogP contribution in [0, 0.1) is 5.92 Å². The summed E-state index contributed by atoms with van der Waals surface area (Å²) in [4.78, 5) is 38.0. The van der Waals surface area contributed by atoms with E-state index in [1.54, 1.807) is 11.9 Å². The lowest BCUT2D eigenvalue weighted by molar-refractivity contribution is -0.130. The zero-order chi connectivity index (χ0) is 24.2. The molecule has 184 valence electrons. The minimum absolute atomic E-state index is 0.0842. The van der Waals surface area contributed by atoms with E-state index in [4.69, 9.17) is 16.7 Å². The Hall–Kier alpha value is -2.32. The molecule has 0 radical (unpaired) electrons. The van der Waals surface area contributed by atoms with E-state index in [1.165, 1.54) is 6.42 Å². The number of benzene rings is 1. The number of carboxylic acid groups (broad SMARTS) is 1. The molecule has 1 aromatic rings. The molecule has 3 amide bonds. The van der Waals surface area contributed by atoms with Gasteiger partial charge in [-0.3, -0.25) is 9.59 Å². The zero-order valence-electron chi connectivity index (χ0n) is 19.3. The van der Waals surface area contributed by atoms with Crippen molar-refractivity contribution in [3.8, 4) is 0 Å². The van der Waals surface area contributed by atoms with E-state index in [-0.39, 0.29) is 25.4 Å². The number of amides is 3. The Labute approximate surface area is 200 Å². The number of likely N-dealkylation sites (N-methyl/N-ethyl adjacent to an activating group) is 1. The van der Waals surface area contributed by atoms with Crippen molar-refractivity contribution in [2.75, 3.05) is 20.2 Å². The summed E-state index contributed by atoms with van der Waals surface area (Å²) in [6.45, 7) is 0.222. The molecule has 9 heteroatoms. The Kier molecular flexibility index (Phi) is 11.5. The van der Waals surface area contributed by atoms with Gasteiger partial charge in [0.1, 0.15) is 6.04 Å². The molecule has 0 aliphatic heterocycles.